The van der Waals surface area contributed by atoms with Gasteiger partial charge in [-0.05, 0) is 61.6 Å². The number of urea groups is 1. The van der Waals surface area contributed by atoms with Crippen LogP contribution in [0.1, 0.15) is 51.7 Å². The van der Waals surface area contributed by atoms with E-state index in [1.54, 1.807) is 12.1 Å². The molecule has 0 aromatic heterocycles. The number of allylic oxidation sites excluding steroid dienone is 1. The summed E-state index contributed by atoms with van der Waals surface area (Å²) in [4.78, 5) is 24.3. The number of benzene rings is 1. The summed E-state index contributed by atoms with van der Waals surface area (Å²) in [7, 11) is 0. The quantitative estimate of drug-likeness (QED) is 0.570. The summed E-state index contributed by atoms with van der Waals surface area (Å²) in [6.07, 6.45) is 3.67. The molecular formula is C24H34N4O2. The highest BCUT2D eigenvalue weighted by Crippen LogP contribution is 2.38. The van der Waals surface area contributed by atoms with Gasteiger partial charge in [-0.25, -0.2) is 4.79 Å². The molecule has 3 amide bonds. The Kier molecular flexibility index (Phi) is 8.91. The van der Waals surface area contributed by atoms with E-state index in [0.29, 0.717) is 43.5 Å². The molecule has 3 N–H and O–H groups in total. The van der Waals surface area contributed by atoms with Gasteiger partial charge in [0.25, 0.3) is 0 Å². The van der Waals surface area contributed by atoms with Gasteiger partial charge in [0.1, 0.15) is 0 Å². The zero-order valence-corrected chi connectivity index (χ0v) is 18.5. The Labute approximate surface area is 180 Å². The van der Waals surface area contributed by atoms with Gasteiger partial charge in [0, 0.05) is 26.1 Å². The van der Waals surface area contributed by atoms with Crippen molar-refractivity contribution in [3.63, 3.8) is 0 Å². The van der Waals surface area contributed by atoms with Gasteiger partial charge in [-0.2, -0.15) is 5.26 Å². The molecule has 1 aliphatic carbocycles. The van der Waals surface area contributed by atoms with Crippen LogP contribution in [0.2, 0.25) is 0 Å². The van der Waals surface area contributed by atoms with Gasteiger partial charge in [0.15, 0.2) is 0 Å². The summed E-state index contributed by atoms with van der Waals surface area (Å²) in [5.41, 5.74) is 2.82. The molecule has 0 fully saturated rings. The summed E-state index contributed by atoms with van der Waals surface area (Å²) in [6.45, 7) is 10.1. The van der Waals surface area contributed by atoms with E-state index in [1.807, 2.05) is 19.1 Å². The number of rotatable bonds is 8. The lowest BCUT2D eigenvalue weighted by Crippen LogP contribution is -2.41. The maximum atomic E-state index is 12.5. The molecule has 0 aliphatic heterocycles. The van der Waals surface area contributed by atoms with E-state index in [2.05, 4.69) is 48.9 Å². The highest BCUT2D eigenvalue weighted by molar-refractivity contribution is 5.76. The van der Waals surface area contributed by atoms with E-state index < -0.39 is 0 Å². The number of carbonyl (C=O) groups is 2. The van der Waals surface area contributed by atoms with Crippen LogP contribution in [0.5, 0.6) is 0 Å². The molecule has 0 heterocycles. The SMILES string of the molecule is CCNC(=O)NC[C@H]1C=C(C)[C@H](CC(=O)NCc2ccc(C#N)cc2)C[C@H]1C(C)C. The molecule has 6 heteroatoms. The Morgan fingerprint density at radius 3 is 2.47 bits per heavy atom. The molecule has 0 saturated heterocycles. The van der Waals surface area contributed by atoms with Crippen LogP contribution < -0.4 is 16.0 Å². The molecule has 162 valence electrons. The predicted octanol–water partition coefficient (Wildman–Crippen LogP) is 3.74. The van der Waals surface area contributed by atoms with E-state index in [4.69, 9.17) is 5.26 Å². The van der Waals surface area contributed by atoms with E-state index in [9.17, 15) is 9.59 Å². The molecule has 1 aromatic carbocycles. The molecule has 0 unspecified atom stereocenters. The molecule has 1 aliphatic rings. The Bertz CT molecular complexity index is 792. The molecule has 0 radical (unpaired) electrons. The monoisotopic (exact) mass is 410 g/mol. The van der Waals surface area contributed by atoms with Crippen molar-refractivity contribution in [2.45, 2.75) is 47.1 Å². The molecule has 3 atom stereocenters. The van der Waals surface area contributed by atoms with Crippen molar-refractivity contribution < 1.29 is 9.59 Å². The molecule has 2 rings (SSSR count). The van der Waals surface area contributed by atoms with Gasteiger partial charge in [-0.1, -0.05) is 37.6 Å². The number of hydrogen-bond donors (Lipinski definition) is 3. The Morgan fingerprint density at radius 1 is 1.17 bits per heavy atom. The minimum absolute atomic E-state index is 0.0403. The topological polar surface area (TPSA) is 94.0 Å². The predicted molar refractivity (Wildman–Crippen MR) is 118 cm³/mol. The molecule has 1 aromatic rings. The molecular weight excluding hydrogens is 376 g/mol. The lowest BCUT2D eigenvalue weighted by Gasteiger charge is -2.37. The minimum atomic E-state index is -0.129. The first-order valence-electron chi connectivity index (χ1n) is 10.8. The van der Waals surface area contributed by atoms with Gasteiger partial charge < -0.3 is 16.0 Å². The highest BCUT2D eigenvalue weighted by atomic mass is 16.2. The first-order chi connectivity index (χ1) is 14.3. The van der Waals surface area contributed by atoms with Crippen LogP contribution in [0.3, 0.4) is 0 Å². The average Bonchev–Trinajstić information content (AvgIpc) is 2.72. The Balaban J connectivity index is 1.93. The van der Waals surface area contributed by atoms with E-state index in [1.165, 1.54) is 5.57 Å². The summed E-state index contributed by atoms with van der Waals surface area (Å²) in [6, 6.07) is 9.22. The second-order valence-electron chi connectivity index (χ2n) is 8.44. The zero-order chi connectivity index (χ0) is 22.1. The van der Waals surface area contributed by atoms with Crippen molar-refractivity contribution in [3.8, 4) is 6.07 Å². The number of hydrogen-bond acceptors (Lipinski definition) is 3. The Hall–Kier alpha value is -2.81. The molecule has 30 heavy (non-hydrogen) atoms. The standard InChI is InChI=1S/C24H34N4O2/c1-5-26-24(30)28-15-21-10-17(4)20(11-22(21)16(2)3)12-23(29)27-14-19-8-6-18(13-25)7-9-19/h6-10,16,20-22H,5,11-12,14-15H2,1-4H3,(H,27,29)(H2,26,28,30)/t20-,21+,22-/m0/s1. The zero-order valence-electron chi connectivity index (χ0n) is 18.5. The van der Waals surface area contributed by atoms with Crippen LogP contribution >= 0.6 is 0 Å². The number of nitrogens with zero attached hydrogens (tertiary/aromatic N) is 1. The third kappa shape index (κ3) is 6.91. The Morgan fingerprint density at radius 2 is 1.87 bits per heavy atom. The fraction of sp³-hybridized carbons (Fsp3) is 0.542. The summed E-state index contributed by atoms with van der Waals surface area (Å²) >= 11 is 0. The minimum Gasteiger partial charge on any atom is -0.352 e. The lowest BCUT2D eigenvalue weighted by molar-refractivity contribution is -0.122. The first-order valence-corrected chi connectivity index (χ1v) is 10.8. The van der Waals surface area contributed by atoms with Crippen molar-refractivity contribution in [1.82, 2.24) is 16.0 Å². The second kappa shape index (κ2) is 11.4. The van der Waals surface area contributed by atoms with Gasteiger partial charge in [0.2, 0.25) is 5.91 Å². The maximum Gasteiger partial charge on any atom is 0.314 e. The van der Waals surface area contributed by atoms with Crippen LogP contribution in [-0.4, -0.2) is 25.0 Å². The van der Waals surface area contributed by atoms with Crippen molar-refractivity contribution in [1.29, 1.82) is 5.26 Å². The van der Waals surface area contributed by atoms with Crippen LogP contribution in [-0.2, 0) is 11.3 Å². The maximum absolute atomic E-state index is 12.5. The largest absolute Gasteiger partial charge is 0.352 e. The van der Waals surface area contributed by atoms with Gasteiger partial charge in [-0.15, -0.1) is 0 Å². The van der Waals surface area contributed by atoms with Gasteiger partial charge in [0.05, 0.1) is 11.6 Å². The van der Waals surface area contributed by atoms with Crippen LogP contribution in [0.4, 0.5) is 4.79 Å². The first kappa shape index (κ1) is 23.5. The average molecular weight is 411 g/mol. The van der Waals surface area contributed by atoms with Crippen LogP contribution in [0, 0.1) is 35.0 Å². The van der Waals surface area contributed by atoms with Crippen molar-refractivity contribution in [2.24, 2.45) is 23.7 Å². The van der Waals surface area contributed by atoms with Gasteiger partial charge >= 0.3 is 6.03 Å². The fourth-order valence-electron chi connectivity index (χ4n) is 4.14. The smallest absolute Gasteiger partial charge is 0.314 e. The third-order valence-corrected chi connectivity index (χ3v) is 5.92. The molecule has 6 nitrogen and oxygen atoms in total. The molecule has 0 saturated carbocycles. The molecule has 0 spiro atoms. The summed E-state index contributed by atoms with van der Waals surface area (Å²) < 4.78 is 0. The van der Waals surface area contributed by atoms with E-state index in [0.717, 1.165) is 12.0 Å². The number of nitrogens with one attached hydrogen (secondary N) is 3. The lowest BCUT2D eigenvalue weighted by atomic mass is 9.70. The third-order valence-electron chi connectivity index (χ3n) is 5.92. The van der Waals surface area contributed by atoms with E-state index >= 15 is 0 Å². The van der Waals surface area contributed by atoms with Gasteiger partial charge in [-0.3, -0.25) is 4.79 Å². The number of amides is 3. The number of carbonyl (C=O) groups excluding carboxylic acids is 2. The van der Waals surface area contributed by atoms with E-state index in [-0.39, 0.29) is 23.8 Å². The van der Waals surface area contributed by atoms with Crippen molar-refractivity contribution in [2.75, 3.05) is 13.1 Å². The van der Waals surface area contributed by atoms with Crippen molar-refractivity contribution in [3.05, 3.63) is 47.0 Å². The molecule has 0 bridgehead atoms. The fourth-order valence-corrected chi connectivity index (χ4v) is 4.14. The van der Waals surface area contributed by atoms with Crippen LogP contribution in [0.25, 0.3) is 0 Å². The summed E-state index contributed by atoms with van der Waals surface area (Å²) in [5.74, 6) is 1.44. The number of nitriles is 1. The summed E-state index contributed by atoms with van der Waals surface area (Å²) in [5, 5.41) is 17.6. The van der Waals surface area contributed by atoms with Crippen molar-refractivity contribution >= 4 is 11.9 Å². The van der Waals surface area contributed by atoms with Crippen LogP contribution in [0.15, 0.2) is 35.9 Å². The second-order valence-corrected chi connectivity index (χ2v) is 8.44. The normalized spacial score (nSPS) is 20.8. The highest BCUT2D eigenvalue weighted by Gasteiger charge is 2.32.